The summed E-state index contributed by atoms with van der Waals surface area (Å²) in [6.07, 6.45) is -1.95. The van der Waals surface area contributed by atoms with Crippen molar-refractivity contribution in [2.24, 2.45) is 5.73 Å². The molecule has 0 fully saturated rings. The molecule has 1 aromatic rings. The fourth-order valence-corrected chi connectivity index (χ4v) is 2.26. The van der Waals surface area contributed by atoms with Gasteiger partial charge in [0.15, 0.2) is 0 Å². The normalized spacial score (nSPS) is 18.1. The molecule has 1 atom stereocenters. The van der Waals surface area contributed by atoms with Crippen LogP contribution in [0.1, 0.15) is 30.0 Å². The van der Waals surface area contributed by atoms with Crippen LogP contribution in [0.5, 0.6) is 5.75 Å². The number of hydrogen-bond acceptors (Lipinski definition) is 3. The van der Waals surface area contributed by atoms with Gasteiger partial charge in [0.2, 0.25) is 0 Å². The summed E-state index contributed by atoms with van der Waals surface area (Å²) in [5.41, 5.74) is 8.29. The SMILES string of the molecule is N[C@@H]1CCc2cc(OCCCOCC(F)(F)F)ccc21. The van der Waals surface area contributed by atoms with Crippen molar-refractivity contribution in [1.82, 2.24) is 0 Å². The summed E-state index contributed by atoms with van der Waals surface area (Å²) in [6, 6.07) is 5.87. The van der Waals surface area contributed by atoms with Gasteiger partial charge in [0, 0.05) is 12.5 Å². The van der Waals surface area contributed by atoms with Crippen LogP contribution >= 0.6 is 0 Å². The quantitative estimate of drug-likeness (QED) is 0.819. The highest BCUT2D eigenvalue weighted by Crippen LogP contribution is 2.31. The Kier molecular flexibility index (Phi) is 4.88. The molecule has 0 unspecified atom stereocenters. The molecule has 0 amide bonds. The summed E-state index contributed by atoms with van der Waals surface area (Å²) in [6.45, 7) is -0.832. The Hall–Kier alpha value is -1.27. The Morgan fingerprint density at radius 2 is 2.05 bits per heavy atom. The predicted octanol–water partition coefficient (Wildman–Crippen LogP) is 2.98. The van der Waals surface area contributed by atoms with Crippen LogP contribution in [0.2, 0.25) is 0 Å². The first-order valence-electron chi connectivity index (χ1n) is 6.61. The molecule has 0 aliphatic heterocycles. The van der Waals surface area contributed by atoms with Crippen molar-refractivity contribution >= 4 is 0 Å². The summed E-state index contributed by atoms with van der Waals surface area (Å²) in [5, 5.41) is 0. The second-order valence-corrected chi connectivity index (χ2v) is 4.88. The maximum Gasteiger partial charge on any atom is 0.411 e. The number of rotatable bonds is 6. The lowest BCUT2D eigenvalue weighted by molar-refractivity contribution is -0.174. The molecule has 20 heavy (non-hydrogen) atoms. The zero-order valence-corrected chi connectivity index (χ0v) is 11.1. The molecule has 0 saturated heterocycles. The molecule has 0 aromatic heterocycles. The largest absolute Gasteiger partial charge is 0.493 e. The molecule has 1 aromatic carbocycles. The molecule has 2 N–H and O–H groups in total. The molecule has 0 spiro atoms. The molecule has 3 nitrogen and oxygen atoms in total. The second kappa shape index (κ2) is 6.45. The van der Waals surface area contributed by atoms with E-state index in [1.807, 2.05) is 18.2 Å². The van der Waals surface area contributed by atoms with E-state index in [1.165, 1.54) is 5.56 Å². The van der Waals surface area contributed by atoms with Crippen molar-refractivity contribution in [3.8, 4) is 5.75 Å². The Bertz CT molecular complexity index is 449. The monoisotopic (exact) mass is 289 g/mol. The first-order valence-corrected chi connectivity index (χ1v) is 6.61. The fraction of sp³-hybridized carbons (Fsp3) is 0.571. The highest BCUT2D eigenvalue weighted by atomic mass is 19.4. The number of alkyl halides is 3. The van der Waals surface area contributed by atoms with Crippen LogP contribution in [0.3, 0.4) is 0 Å². The topological polar surface area (TPSA) is 44.5 Å². The highest BCUT2D eigenvalue weighted by Gasteiger charge is 2.27. The van der Waals surface area contributed by atoms with Gasteiger partial charge in [-0.25, -0.2) is 0 Å². The average molecular weight is 289 g/mol. The van der Waals surface area contributed by atoms with Crippen LogP contribution in [0.15, 0.2) is 18.2 Å². The van der Waals surface area contributed by atoms with E-state index < -0.39 is 12.8 Å². The highest BCUT2D eigenvalue weighted by molar-refractivity contribution is 5.40. The van der Waals surface area contributed by atoms with Gasteiger partial charge in [-0.2, -0.15) is 13.2 Å². The number of nitrogens with two attached hydrogens (primary N) is 1. The molecular formula is C14H18F3NO2. The number of ether oxygens (including phenoxy) is 2. The molecule has 0 saturated carbocycles. The fourth-order valence-electron chi connectivity index (χ4n) is 2.26. The van der Waals surface area contributed by atoms with Gasteiger partial charge in [0.1, 0.15) is 12.4 Å². The van der Waals surface area contributed by atoms with Gasteiger partial charge < -0.3 is 15.2 Å². The van der Waals surface area contributed by atoms with E-state index in [1.54, 1.807) is 0 Å². The van der Waals surface area contributed by atoms with Crippen LogP contribution in [0.25, 0.3) is 0 Å². The number of aryl methyl sites for hydroxylation is 1. The van der Waals surface area contributed by atoms with E-state index in [9.17, 15) is 13.2 Å². The zero-order valence-electron chi connectivity index (χ0n) is 11.1. The molecule has 2 rings (SSSR count). The Labute approximate surface area is 115 Å². The van der Waals surface area contributed by atoms with Crippen LogP contribution in [0.4, 0.5) is 13.2 Å². The van der Waals surface area contributed by atoms with Crippen molar-refractivity contribution in [1.29, 1.82) is 0 Å². The van der Waals surface area contributed by atoms with Gasteiger partial charge in [0.25, 0.3) is 0 Å². The molecule has 6 heteroatoms. The summed E-state index contributed by atoms with van der Waals surface area (Å²) >= 11 is 0. The van der Waals surface area contributed by atoms with E-state index in [-0.39, 0.29) is 12.6 Å². The van der Waals surface area contributed by atoms with Crippen molar-refractivity contribution in [2.45, 2.75) is 31.5 Å². The Balaban J connectivity index is 1.68. The summed E-state index contributed by atoms with van der Waals surface area (Å²) < 4.78 is 45.5. The van der Waals surface area contributed by atoms with Gasteiger partial charge in [0.05, 0.1) is 13.2 Å². The third-order valence-corrected chi connectivity index (χ3v) is 3.21. The Morgan fingerprint density at radius 3 is 2.80 bits per heavy atom. The van der Waals surface area contributed by atoms with Crippen LogP contribution in [-0.4, -0.2) is 26.0 Å². The minimum atomic E-state index is -4.26. The van der Waals surface area contributed by atoms with Gasteiger partial charge in [-0.3, -0.25) is 0 Å². The van der Waals surface area contributed by atoms with E-state index in [2.05, 4.69) is 4.74 Å². The predicted molar refractivity (Wildman–Crippen MR) is 68.7 cm³/mol. The first kappa shape index (κ1) is 15.1. The summed E-state index contributed by atoms with van der Waals surface area (Å²) in [7, 11) is 0. The zero-order chi connectivity index (χ0) is 14.6. The lowest BCUT2D eigenvalue weighted by Gasteiger charge is -2.10. The van der Waals surface area contributed by atoms with E-state index >= 15 is 0 Å². The molecule has 0 radical (unpaired) electrons. The molecular weight excluding hydrogens is 271 g/mol. The lowest BCUT2D eigenvalue weighted by Crippen LogP contribution is -2.18. The summed E-state index contributed by atoms with van der Waals surface area (Å²) in [5.74, 6) is 0.730. The smallest absolute Gasteiger partial charge is 0.411 e. The standard InChI is InChI=1S/C14H18F3NO2/c15-14(16,17)9-19-6-1-7-20-11-3-4-12-10(8-11)2-5-13(12)18/h3-4,8,13H,1-2,5-7,9,18H2/t13-/m1/s1. The average Bonchev–Trinajstić information content (AvgIpc) is 2.74. The van der Waals surface area contributed by atoms with Crippen molar-refractivity contribution in [3.05, 3.63) is 29.3 Å². The maximum atomic E-state index is 11.8. The third kappa shape index (κ3) is 4.38. The molecule has 0 heterocycles. The van der Waals surface area contributed by atoms with E-state index in [0.29, 0.717) is 13.0 Å². The van der Waals surface area contributed by atoms with Gasteiger partial charge >= 0.3 is 6.18 Å². The van der Waals surface area contributed by atoms with Gasteiger partial charge in [-0.15, -0.1) is 0 Å². The Morgan fingerprint density at radius 1 is 1.25 bits per heavy atom. The van der Waals surface area contributed by atoms with Crippen molar-refractivity contribution < 1.29 is 22.6 Å². The molecule has 1 aliphatic carbocycles. The van der Waals surface area contributed by atoms with Gasteiger partial charge in [-0.05, 0) is 36.1 Å². The van der Waals surface area contributed by atoms with Crippen LogP contribution < -0.4 is 10.5 Å². The van der Waals surface area contributed by atoms with E-state index in [0.717, 1.165) is 24.2 Å². The second-order valence-electron chi connectivity index (χ2n) is 4.88. The number of fused-ring (bicyclic) bond motifs is 1. The lowest BCUT2D eigenvalue weighted by atomic mass is 10.1. The van der Waals surface area contributed by atoms with Crippen molar-refractivity contribution in [2.75, 3.05) is 19.8 Å². The number of benzene rings is 1. The maximum absolute atomic E-state index is 11.8. The first-order chi connectivity index (χ1) is 9.46. The molecule has 112 valence electrons. The van der Waals surface area contributed by atoms with Crippen LogP contribution in [-0.2, 0) is 11.2 Å². The third-order valence-electron chi connectivity index (χ3n) is 3.21. The van der Waals surface area contributed by atoms with Crippen molar-refractivity contribution in [3.63, 3.8) is 0 Å². The molecule has 1 aliphatic rings. The minimum Gasteiger partial charge on any atom is -0.493 e. The van der Waals surface area contributed by atoms with Crippen LogP contribution in [0, 0.1) is 0 Å². The molecule has 0 bridgehead atoms. The number of hydrogen-bond donors (Lipinski definition) is 1. The van der Waals surface area contributed by atoms with E-state index in [4.69, 9.17) is 10.5 Å². The number of halogens is 3. The van der Waals surface area contributed by atoms with Gasteiger partial charge in [-0.1, -0.05) is 6.07 Å². The summed E-state index contributed by atoms with van der Waals surface area (Å²) in [4.78, 5) is 0. The minimum absolute atomic E-state index is 0.0370.